The van der Waals surface area contributed by atoms with Crippen molar-refractivity contribution in [1.82, 2.24) is 0 Å². The molecule has 3 fully saturated rings. The van der Waals surface area contributed by atoms with Gasteiger partial charge in [-0.15, -0.1) is 0 Å². The molecule has 0 radical (unpaired) electrons. The number of aromatic hydroxyl groups is 2. The number of ether oxygens (including phenoxy) is 2. The van der Waals surface area contributed by atoms with Crippen LogP contribution < -0.4 is 4.74 Å². The number of carbonyl (C=O) groups is 3. The zero-order valence-corrected chi connectivity index (χ0v) is 34.8. The Morgan fingerprint density at radius 2 is 1.67 bits per heavy atom. The summed E-state index contributed by atoms with van der Waals surface area (Å²) in [5, 5.41) is 58.9. The van der Waals surface area contributed by atoms with E-state index in [1.807, 2.05) is 19.1 Å². The molecule has 3 aliphatic carbocycles. The number of aliphatic hydroxyl groups excluding tert-OH is 2. The van der Waals surface area contributed by atoms with Crippen molar-refractivity contribution in [2.45, 2.75) is 138 Å². The van der Waals surface area contributed by atoms with Crippen LogP contribution in [0.3, 0.4) is 0 Å². The van der Waals surface area contributed by atoms with E-state index in [-0.39, 0.29) is 78.6 Å². The number of hydrogen-bond donors (Lipinski definition) is 5. The molecule has 10 nitrogen and oxygen atoms in total. The molecule has 9 atom stereocenters. The highest BCUT2D eigenvalue weighted by molar-refractivity contribution is 5.89. The number of rotatable bonds is 3. The smallest absolute Gasteiger partial charge is 0.334 e. The van der Waals surface area contributed by atoms with Crippen LogP contribution in [0, 0.1) is 35.5 Å². The average Bonchev–Trinajstić information content (AvgIpc) is 3.26. The Kier molecular flexibility index (Phi) is 11.1. The van der Waals surface area contributed by atoms with Crippen LogP contribution in [0.15, 0.2) is 66.2 Å². The van der Waals surface area contributed by atoms with Crippen LogP contribution in [0.1, 0.15) is 129 Å². The van der Waals surface area contributed by atoms with Gasteiger partial charge in [0.05, 0.1) is 25.0 Å². The van der Waals surface area contributed by atoms with E-state index in [0.717, 1.165) is 36.8 Å². The van der Waals surface area contributed by atoms with E-state index in [1.54, 1.807) is 24.3 Å². The second-order valence-electron chi connectivity index (χ2n) is 18.7. The fourth-order valence-electron chi connectivity index (χ4n) is 12.3. The molecule has 5 N–H and O–H groups in total. The number of aliphatic hydroxyl groups is 3. The molecular weight excluding hydrogens is 773 g/mol. The van der Waals surface area contributed by atoms with E-state index in [0.29, 0.717) is 60.8 Å². The number of ketones is 1. The predicted octanol–water partition coefficient (Wildman–Crippen LogP) is 7.14. The second kappa shape index (κ2) is 16.4. The number of benzene rings is 3. The molecule has 0 saturated heterocycles. The summed E-state index contributed by atoms with van der Waals surface area (Å²) in [5.74, 6) is 2.77. The van der Waals surface area contributed by atoms with Gasteiger partial charge in [-0.05, 0) is 115 Å². The summed E-state index contributed by atoms with van der Waals surface area (Å²) >= 11 is 0. The monoisotopic (exact) mass is 828 g/mol. The minimum Gasteiger partial charge on any atom is -0.508 e. The third-order valence-corrected chi connectivity index (χ3v) is 15.4. The Balaban J connectivity index is 1.30. The summed E-state index contributed by atoms with van der Waals surface area (Å²) in [6, 6.07) is 16.1. The number of Topliss-reactive ketones (excluding diaryl/α,β-unsaturated/α-hetero) is 1. The van der Waals surface area contributed by atoms with Gasteiger partial charge in [0.25, 0.3) is 0 Å². The van der Waals surface area contributed by atoms with E-state index in [4.69, 9.17) is 9.47 Å². The third-order valence-electron chi connectivity index (χ3n) is 15.4. The Bertz CT molecular complexity index is 2330. The molecule has 10 bridgehead atoms. The number of esters is 2. The van der Waals surface area contributed by atoms with Crippen molar-refractivity contribution in [2.24, 2.45) is 23.7 Å². The van der Waals surface area contributed by atoms with Gasteiger partial charge < -0.3 is 35.0 Å². The summed E-state index contributed by atoms with van der Waals surface area (Å²) < 4.78 is 12.4. The van der Waals surface area contributed by atoms with Crippen molar-refractivity contribution in [3.63, 3.8) is 0 Å². The molecule has 61 heavy (non-hydrogen) atoms. The zero-order chi connectivity index (χ0) is 42.6. The minimum atomic E-state index is -1.60. The second-order valence-corrected chi connectivity index (χ2v) is 18.7. The zero-order valence-electron chi connectivity index (χ0n) is 34.8. The predicted molar refractivity (Wildman–Crippen MR) is 226 cm³/mol. The van der Waals surface area contributed by atoms with E-state index < -0.39 is 52.9 Å². The van der Waals surface area contributed by atoms with Crippen molar-refractivity contribution < 1.29 is 49.4 Å². The number of fused-ring (bicyclic) bond motifs is 8. The molecule has 3 heterocycles. The summed E-state index contributed by atoms with van der Waals surface area (Å²) in [5.41, 5.74) is 1.68. The first-order valence-electron chi connectivity index (χ1n) is 22.4. The summed E-state index contributed by atoms with van der Waals surface area (Å²) in [4.78, 5) is 42.4. The lowest BCUT2D eigenvalue weighted by Gasteiger charge is -2.56. The molecule has 0 amide bonds. The molecule has 3 aromatic rings. The highest BCUT2D eigenvalue weighted by Crippen LogP contribution is 2.55. The van der Waals surface area contributed by atoms with Crippen molar-refractivity contribution >= 4 is 17.7 Å². The molecule has 6 aliphatic rings. The summed E-state index contributed by atoms with van der Waals surface area (Å²) in [6.45, 7) is 1.67. The van der Waals surface area contributed by atoms with E-state index in [2.05, 4.69) is 24.0 Å². The van der Waals surface area contributed by atoms with Gasteiger partial charge >= 0.3 is 11.9 Å². The van der Waals surface area contributed by atoms with Crippen LogP contribution in [-0.4, -0.2) is 61.1 Å². The first-order chi connectivity index (χ1) is 29.4. The number of hydrogen-bond acceptors (Lipinski definition) is 10. The third kappa shape index (κ3) is 7.47. The minimum absolute atomic E-state index is 0.0643. The Labute approximate surface area is 357 Å². The number of phenolic OH excluding ortho intramolecular Hbond substituents is 2. The van der Waals surface area contributed by atoms with E-state index in [1.165, 1.54) is 12.1 Å². The molecular formula is C51H56O10. The maximum atomic E-state index is 15.3. The lowest BCUT2D eigenvalue weighted by Crippen LogP contribution is -2.63. The first kappa shape index (κ1) is 41.4. The Hall–Kier alpha value is -4.95. The van der Waals surface area contributed by atoms with E-state index >= 15 is 4.79 Å². The Morgan fingerprint density at radius 1 is 0.869 bits per heavy atom. The molecule has 320 valence electrons. The van der Waals surface area contributed by atoms with Gasteiger partial charge in [-0.2, -0.15) is 0 Å². The number of phenols is 2. The molecule has 3 aromatic carbocycles. The van der Waals surface area contributed by atoms with Crippen molar-refractivity contribution in [3.05, 3.63) is 99.6 Å². The first-order valence-corrected chi connectivity index (χ1v) is 22.4. The molecule has 9 unspecified atom stereocenters. The average molecular weight is 829 g/mol. The highest BCUT2D eigenvalue weighted by Gasteiger charge is 2.59. The van der Waals surface area contributed by atoms with Crippen LogP contribution in [0.2, 0.25) is 0 Å². The SMILES string of the molecule is CCC1CCC2C3Cc4cccc(c4)C4(CCCCC4)C(O)C=C4CC(c5cc(O)cc(CO)c5)C#CC5CC(=O)Oc6cc(O)c(cc65)CC(OC4=O)C1(O)C2CCC3=O. The van der Waals surface area contributed by atoms with Crippen molar-refractivity contribution in [3.8, 4) is 29.1 Å². The molecule has 3 saturated carbocycles. The van der Waals surface area contributed by atoms with Gasteiger partial charge in [-0.25, -0.2) is 4.79 Å². The van der Waals surface area contributed by atoms with Gasteiger partial charge in [0, 0.05) is 47.3 Å². The fourth-order valence-corrected chi connectivity index (χ4v) is 12.3. The van der Waals surface area contributed by atoms with Gasteiger partial charge in [0.2, 0.25) is 0 Å². The van der Waals surface area contributed by atoms with Crippen LogP contribution >= 0.6 is 0 Å². The van der Waals surface area contributed by atoms with Crippen LogP contribution in [0.5, 0.6) is 17.2 Å². The van der Waals surface area contributed by atoms with Crippen LogP contribution in [-0.2, 0) is 44.0 Å². The van der Waals surface area contributed by atoms with Crippen molar-refractivity contribution in [2.75, 3.05) is 0 Å². The maximum Gasteiger partial charge on any atom is 0.334 e. The van der Waals surface area contributed by atoms with Gasteiger partial charge in [-0.3, -0.25) is 9.59 Å². The summed E-state index contributed by atoms with van der Waals surface area (Å²) in [6.07, 6.45) is 6.38. The lowest BCUT2D eigenvalue weighted by atomic mass is 9.53. The highest BCUT2D eigenvalue weighted by atomic mass is 16.6. The molecule has 1 spiro atoms. The van der Waals surface area contributed by atoms with Gasteiger partial charge in [0.15, 0.2) is 0 Å². The van der Waals surface area contributed by atoms with Crippen LogP contribution in [0.4, 0.5) is 0 Å². The molecule has 0 aromatic heterocycles. The molecule has 9 rings (SSSR count). The molecule has 3 aliphatic heterocycles. The van der Waals surface area contributed by atoms with Gasteiger partial charge in [-0.1, -0.05) is 74.8 Å². The Morgan fingerprint density at radius 3 is 2.46 bits per heavy atom. The normalized spacial score (nSPS) is 32.0. The topological polar surface area (TPSA) is 171 Å². The largest absolute Gasteiger partial charge is 0.508 e. The summed E-state index contributed by atoms with van der Waals surface area (Å²) in [7, 11) is 0. The number of carbonyl (C=O) groups excluding carboxylic acids is 3. The fraction of sp³-hybridized carbons (Fsp3) is 0.510. The maximum absolute atomic E-state index is 15.3. The molecule has 10 heteroatoms. The van der Waals surface area contributed by atoms with Crippen molar-refractivity contribution in [1.29, 1.82) is 0 Å². The van der Waals surface area contributed by atoms with Crippen LogP contribution in [0.25, 0.3) is 0 Å². The van der Waals surface area contributed by atoms with Gasteiger partial charge in [0.1, 0.15) is 34.7 Å². The van der Waals surface area contributed by atoms with E-state index in [9.17, 15) is 35.1 Å². The lowest BCUT2D eigenvalue weighted by molar-refractivity contribution is -0.212. The quantitative estimate of drug-likeness (QED) is 0.104. The standard InChI is InChI=1S/C51H56O10/c1-2-36-11-12-39-41-20-29-7-6-8-37(18-29)50(15-4-3-5-16-50)46(56)24-35-21-31(33-17-30(28-52)19-38(53)22-33)9-10-32-26-48(57)60-45-27-44(55)34(23-40(32)45)25-47(61-49(35)58)51(36,59)42(39)13-14-43(41)54/h6-8,17-19,22-24,27,31-32,36,39,41-42,46-47,52-53,55-56,59H,2-5,11-16,20-21,25-26,28H2,1H3.